The molecule has 9 nitrogen and oxygen atoms in total. The molecule has 40 heavy (non-hydrogen) atoms. The fourth-order valence-electron chi connectivity index (χ4n) is 5.13. The van der Waals surface area contributed by atoms with Gasteiger partial charge in [-0.25, -0.2) is 13.1 Å². The van der Waals surface area contributed by atoms with Crippen molar-refractivity contribution < 1.29 is 23.1 Å². The number of benzene rings is 3. The van der Waals surface area contributed by atoms with Crippen molar-refractivity contribution in [2.75, 3.05) is 41.8 Å². The number of ether oxygens (including phenoxy) is 1. The maximum atomic E-state index is 13.3. The molecule has 1 saturated heterocycles. The van der Waals surface area contributed by atoms with E-state index in [9.17, 15) is 18.3 Å². The molecule has 3 aromatic rings. The van der Waals surface area contributed by atoms with Gasteiger partial charge in [0.15, 0.2) is 0 Å². The summed E-state index contributed by atoms with van der Waals surface area (Å²) in [6.45, 7) is 8.65. The van der Waals surface area contributed by atoms with Crippen LogP contribution in [0.3, 0.4) is 0 Å². The van der Waals surface area contributed by atoms with Crippen LogP contribution in [0.25, 0.3) is 0 Å². The highest BCUT2D eigenvalue weighted by Crippen LogP contribution is 2.39. The molecule has 2 atom stereocenters. The summed E-state index contributed by atoms with van der Waals surface area (Å²) in [5.74, 6) is -0.335. The fraction of sp³-hybridized carbons (Fsp3) is 0.367. The third-order valence-corrected chi connectivity index (χ3v) is 9.04. The maximum Gasteiger partial charge on any atom is 0.255 e. The Bertz CT molecular complexity index is 1470. The van der Waals surface area contributed by atoms with E-state index in [0.29, 0.717) is 35.7 Å². The van der Waals surface area contributed by atoms with Crippen LogP contribution in [-0.2, 0) is 21.2 Å². The Morgan fingerprint density at radius 1 is 1.05 bits per heavy atom. The second-order valence-corrected chi connectivity index (χ2v) is 12.5. The number of aliphatic hydroxyl groups is 1. The highest BCUT2D eigenvalue weighted by atomic mass is 32.2. The summed E-state index contributed by atoms with van der Waals surface area (Å²) in [4.78, 5) is 15.6. The number of carbonyl (C=O) groups excluding carboxylic acids is 1. The molecule has 0 aromatic heterocycles. The largest absolute Gasteiger partial charge is 0.389 e. The zero-order chi connectivity index (χ0) is 28.5. The Balaban J connectivity index is 1.38. The number of aliphatic hydroxyl groups excluding tert-OH is 1. The van der Waals surface area contributed by atoms with Gasteiger partial charge in [-0.1, -0.05) is 19.1 Å². The first-order valence-corrected chi connectivity index (χ1v) is 15.0. The van der Waals surface area contributed by atoms with E-state index in [2.05, 4.69) is 20.3 Å². The number of nitrogens with one attached hydrogen (secondary N) is 3. The molecule has 0 radical (unpaired) electrons. The molecule has 212 valence electrons. The van der Waals surface area contributed by atoms with Crippen molar-refractivity contribution in [2.45, 2.75) is 49.8 Å². The van der Waals surface area contributed by atoms with Crippen molar-refractivity contribution in [2.24, 2.45) is 0 Å². The number of morpholine rings is 1. The molecule has 3 aromatic carbocycles. The first-order chi connectivity index (χ1) is 19.1. The van der Waals surface area contributed by atoms with E-state index in [1.54, 1.807) is 56.3 Å². The Morgan fingerprint density at radius 2 is 1.73 bits per heavy atom. The molecule has 2 heterocycles. The minimum absolute atomic E-state index is 0.115. The molecule has 0 aliphatic carbocycles. The van der Waals surface area contributed by atoms with Crippen molar-refractivity contribution in [1.29, 1.82) is 0 Å². The van der Waals surface area contributed by atoms with Crippen molar-refractivity contribution in [3.8, 4) is 0 Å². The van der Waals surface area contributed by atoms with Gasteiger partial charge in [0.25, 0.3) is 5.91 Å². The molecule has 0 saturated carbocycles. The molecule has 5 rings (SSSR count). The molecule has 2 aliphatic rings. The highest BCUT2D eigenvalue weighted by Gasteiger charge is 2.43. The number of aryl methyl sites for hydroxylation is 1. The van der Waals surface area contributed by atoms with Gasteiger partial charge in [-0.15, -0.1) is 0 Å². The molecule has 0 unspecified atom stereocenters. The second-order valence-electron chi connectivity index (χ2n) is 10.8. The normalized spacial score (nSPS) is 20.4. The molecular weight excluding hydrogens is 528 g/mol. The van der Waals surface area contributed by atoms with Crippen LogP contribution < -0.4 is 20.3 Å². The first kappa shape index (κ1) is 28.1. The predicted molar refractivity (Wildman–Crippen MR) is 156 cm³/mol. The third kappa shape index (κ3) is 5.85. The molecule has 1 fully saturated rings. The van der Waals surface area contributed by atoms with Crippen LogP contribution in [0.5, 0.6) is 0 Å². The van der Waals surface area contributed by atoms with Crippen molar-refractivity contribution in [3.63, 3.8) is 0 Å². The van der Waals surface area contributed by atoms with Crippen LogP contribution in [0.1, 0.15) is 48.3 Å². The number of hydrogen-bond donors (Lipinski definition) is 4. The van der Waals surface area contributed by atoms with E-state index >= 15 is 0 Å². The number of fused-ring (bicyclic) bond motifs is 1. The first-order valence-electron chi connectivity index (χ1n) is 13.5. The van der Waals surface area contributed by atoms with E-state index in [-0.39, 0.29) is 10.8 Å². The molecule has 0 spiro atoms. The van der Waals surface area contributed by atoms with Crippen molar-refractivity contribution in [3.05, 3.63) is 83.4 Å². The lowest BCUT2D eigenvalue weighted by Crippen LogP contribution is -2.54. The molecule has 0 bridgehead atoms. The van der Waals surface area contributed by atoms with Gasteiger partial charge < -0.3 is 25.4 Å². The summed E-state index contributed by atoms with van der Waals surface area (Å²) in [6, 6.07) is 18.4. The van der Waals surface area contributed by atoms with E-state index in [1.165, 1.54) is 0 Å². The summed E-state index contributed by atoms with van der Waals surface area (Å²) in [7, 11) is -3.96. The molecular formula is C30H36N4O5S. The lowest BCUT2D eigenvalue weighted by atomic mass is 9.82. The van der Waals surface area contributed by atoms with Gasteiger partial charge in [-0.3, -0.25) is 4.79 Å². The van der Waals surface area contributed by atoms with Gasteiger partial charge in [-0.2, -0.15) is 0 Å². The summed E-state index contributed by atoms with van der Waals surface area (Å²) < 4.78 is 34.8. The number of hydrogen-bond acceptors (Lipinski definition) is 7. The van der Waals surface area contributed by atoms with Crippen LogP contribution in [0.2, 0.25) is 0 Å². The monoisotopic (exact) mass is 564 g/mol. The van der Waals surface area contributed by atoms with E-state index < -0.39 is 27.7 Å². The molecule has 4 N–H and O–H groups in total. The van der Waals surface area contributed by atoms with E-state index in [1.807, 2.05) is 31.2 Å². The summed E-state index contributed by atoms with van der Waals surface area (Å²) in [5.41, 5.74) is 3.41. The van der Waals surface area contributed by atoms with Crippen molar-refractivity contribution in [1.82, 2.24) is 4.72 Å². The quantitative estimate of drug-likeness (QED) is 0.343. The zero-order valence-corrected chi connectivity index (χ0v) is 23.8. The molecule has 10 heteroatoms. The summed E-state index contributed by atoms with van der Waals surface area (Å²) >= 11 is 0. The topological polar surface area (TPSA) is 120 Å². The van der Waals surface area contributed by atoms with Crippen LogP contribution in [-0.4, -0.2) is 57.4 Å². The predicted octanol–water partition coefficient (Wildman–Crippen LogP) is 3.92. The Hall–Kier alpha value is -3.44. The third-order valence-electron chi connectivity index (χ3n) is 7.59. The van der Waals surface area contributed by atoms with E-state index in [4.69, 9.17) is 4.74 Å². The van der Waals surface area contributed by atoms with Crippen LogP contribution >= 0.6 is 0 Å². The smallest absolute Gasteiger partial charge is 0.255 e. The van der Waals surface area contributed by atoms with Crippen LogP contribution in [0, 0.1) is 0 Å². The number of amides is 1. The number of carbonyl (C=O) groups is 1. The Kier molecular flexibility index (Phi) is 7.87. The number of sulfonamides is 1. The fourth-order valence-corrected chi connectivity index (χ4v) is 6.35. The van der Waals surface area contributed by atoms with Crippen LogP contribution in [0.15, 0.2) is 71.6 Å². The number of rotatable bonds is 7. The second kappa shape index (κ2) is 11.2. The molecule has 1 amide bonds. The average molecular weight is 565 g/mol. The van der Waals surface area contributed by atoms with Gasteiger partial charge in [0, 0.05) is 35.7 Å². The number of anilines is 3. The Labute approximate surface area is 235 Å². The number of nitrogens with zero attached hydrogens (tertiary/aromatic N) is 1. The highest BCUT2D eigenvalue weighted by molar-refractivity contribution is 7.89. The standard InChI is InChI=1S/C30H36N4O5S/c1-4-20-5-12-24(13-6-20)40(37,38)33-27-25-19-21(7-14-26(25)32-30(2,3)28(27)35)29(36)31-22-8-10-23(11-9-22)34-15-17-39-18-16-34/h5-14,19,27-28,32-33,35H,4,15-18H2,1-3H3,(H,31,36)/t27-,28+/m1/s1. The lowest BCUT2D eigenvalue weighted by molar-refractivity contribution is 0.0770. The van der Waals surface area contributed by atoms with Gasteiger partial charge in [0.1, 0.15) is 0 Å². The summed E-state index contributed by atoms with van der Waals surface area (Å²) in [6.07, 6.45) is -0.304. The van der Waals surface area contributed by atoms with Crippen molar-refractivity contribution >= 4 is 33.0 Å². The van der Waals surface area contributed by atoms with Crippen LogP contribution in [0.4, 0.5) is 17.1 Å². The van der Waals surface area contributed by atoms with Gasteiger partial charge >= 0.3 is 0 Å². The molecule has 2 aliphatic heterocycles. The Morgan fingerprint density at radius 3 is 2.38 bits per heavy atom. The minimum Gasteiger partial charge on any atom is -0.389 e. The van der Waals surface area contributed by atoms with Gasteiger partial charge in [0.05, 0.1) is 35.8 Å². The van der Waals surface area contributed by atoms with E-state index in [0.717, 1.165) is 30.8 Å². The maximum absolute atomic E-state index is 13.3. The summed E-state index contributed by atoms with van der Waals surface area (Å²) in [5, 5.41) is 17.4. The van der Waals surface area contributed by atoms with Gasteiger partial charge in [0.2, 0.25) is 10.0 Å². The lowest BCUT2D eigenvalue weighted by Gasteiger charge is -2.43. The average Bonchev–Trinajstić information content (AvgIpc) is 2.96. The van der Waals surface area contributed by atoms with Gasteiger partial charge in [-0.05, 0) is 86.0 Å². The minimum atomic E-state index is -3.96. The SMILES string of the molecule is CCc1ccc(S(=O)(=O)N[C@@H]2c3cc(C(=O)Nc4ccc(N5CCOCC5)cc4)ccc3NC(C)(C)[C@H]2O)cc1. The zero-order valence-electron chi connectivity index (χ0n) is 23.0.